The molecule has 0 saturated carbocycles. The minimum atomic E-state index is -3.65. The molecular weight excluding hydrogens is 398 g/mol. The Labute approximate surface area is 180 Å². The summed E-state index contributed by atoms with van der Waals surface area (Å²) in [5.74, 6) is -0.253. The quantitative estimate of drug-likeness (QED) is 0.702. The Morgan fingerprint density at radius 3 is 2.37 bits per heavy atom. The molecule has 1 amide bonds. The van der Waals surface area contributed by atoms with Gasteiger partial charge in [-0.3, -0.25) is 4.79 Å². The van der Waals surface area contributed by atoms with Gasteiger partial charge < -0.3 is 5.32 Å². The van der Waals surface area contributed by atoms with Gasteiger partial charge in [0.25, 0.3) is 10.2 Å². The summed E-state index contributed by atoms with van der Waals surface area (Å²) >= 11 is 0. The number of aryl methyl sites for hydroxylation is 2. The van der Waals surface area contributed by atoms with Gasteiger partial charge in [-0.25, -0.2) is 0 Å². The number of nitrogens with zero attached hydrogens (tertiary/aromatic N) is 2. The van der Waals surface area contributed by atoms with E-state index in [1.165, 1.54) is 14.2 Å². The third kappa shape index (κ3) is 6.14. The van der Waals surface area contributed by atoms with Crippen molar-refractivity contribution in [2.75, 3.05) is 19.6 Å². The minimum Gasteiger partial charge on any atom is -0.352 e. The molecule has 1 heterocycles. The van der Waals surface area contributed by atoms with Crippen LogP contribution in [0.25, 0.3) is 0 Å². The van der Waals surface area contributed by atoms with Gasteiger partial charge >= 0.3 is 0 Å². The molecule has 1 atom stereocenters. The van der Waals surface area contributed by atoms with Crippen molar-refractivity contribution in [2.24, 2.45) is 0 Å². The molecule has 0 radical (unpaired) electrons. The Morgan fingerprint density at radius 2 is 1.67 bits per heavy atom. The molecule has 0 aromatic heterocycles. The number of benzene rings is 2. The number of hydrogen-bond acceptors (Lipinski definition) is 3. The maximum Gasteiger partial charge on any atom is 0.282 e. The number of amides is 1. The zero-order valence-electron chi connectivity index (χ0n) is 17.8. The molecule has 1 saturated heterocycles. The lowest BCUT2D eigenvalue weighted by Gasteiger charge is -2.34. The van der Waals surface area contributed by atoms with E-state index in [0.29, 0.717) is 26.1 Å². The molecule has 1 aliphatic heterocycles. The molecular formula is C23H31N3O3S. The molecule has 1 fully saturated rings. The smallest absolute Gasteiger partial charge is 0.282 e. The van der Waals surface area contributed by atoms with Crippen LogP contribution in [0.3, 0.4) is 0 Å². The van der Waals surface area contributed by atoms with Gasteiger partial charge in [0, 0.05) is 25.7 Å². The largest absolute Gasteiger partial charge is 0.352 e. The molecule has 1 aliphatic rings. The van der Waals surface area contributed by atoms with E-state index in [1.54, 1.807) is 0 Å². The number of carbonyl (C=O) groups is 1. The Kier molecular flexibility index (Phi) is 7.64. The van der Waals surface area contributed by atoms with Crippen molar-refractivity contribution in [1.82, 2.24) is 13.9 Å². The van der Waals surface area contributed by atoms with Crippen molar-refractivity contribution >= 4 is 16.1 Å². The average Bonchev–Trinajstić information content (AvgIpc) is 2.72. The zero-order chi connectivity index (χ0) is 21.6. The van der Waals surface area contributed by atoms with E-state index in [0.717, 1.165) is 24.0 Å². The molecule has 162 valence electrons. The van der Waals surface area contributed by atoms with Gasteiger partial charge in [0.1, 0.15) is 0 Å². The summed E-state index contributed by atoms with van der Waals surface area (Å²) in [5.41, 5.74) is 3.31. The lowest BCUT2D eigenvalue weighted by Crippen LogP contribution is -2.52. The summed E-state index contributed by atoms with van der Waals surface area (Å²) < 4.78 is 28.7. The van der Waals surface area contributed by atoms with Gasteiger partial charge in [0.2, 0.25) is 5.91 Å². The van der Waals surface area contributed by atoms with Crippen molar-refractivity contribution in [3.05, 3.63) is 71.3 Å². The van der Waals surface area contributed by atoms with E-state index in [9.17, 15) is 13.2 Å². The molecule has 0 bridgehead atoms. The molecule has 2 aromatic rings. The van der Waals surface area contributed by atoms with Crippen LogP contribution >= 0.6 is 0 Å². The van der Waals surface area contributed by atoms with E-state index in [-0.39, 0.29) is 18.5 Å². The van der Waals surface area contributed by atoms with Crippen LogP contribution in [0.1, 0.15) is 36.5 Å². The summed E-state index contributed by atoms with van der Waals surface area (Å²) in [6, 6.07) is 18.0. The van der Waals surface area contributed by atoms with Crippen molar-refractivity contribution in [3.63, 3.8) is 0 Å². The molecule has 0 aliphatic carbocycles. The normalized spacial score (nSPS) is 18.1. The Balaban J connectivity index is 1.53. The van der Waals surface area contributed by atoms with Gasteiger partial charge in [-0.2, -0.15) is 17.0 Å². The Morgan fingerprint density at radius 1 is 1.00 bits per heavy atom. The highest BCUT2D eigenvalue weighted by molar-refractivity contribution is 7.86. The standard InChI is InChI=1S/C23H31N3O3S/c1-19-9-12-22(13-10-19)17-25-15-6-16-26(30(25,28)29)18-23(27)24-20(2)11-14-21-7-4-3-5-8-21/h3-5,7-10,12-13,20H,6,11,14-18H2,1-2H3,(H,24,27)/t20-/m1/s1. The van der Waals surface area contributed by atoms with Crippen LogP contribution in [0, 0.1) is 6.92 Å². The number of hydrogen-bond donors (Lipinski definition) is 1. The predicted octanol–water partition coefficient (Wildman–Crippen LogP) is 2.89. The van der Waals surface area contributed by atoms with Gasteiger partial charge in [0.15, 0.2) is 0 Å². The van der Waals surface area contributed by atoms with Gasteiger partial charge in [-0.05, 0) is 44.2 Å². The van der Waals surface area contributed by atoms with E-state index in [4.69, 9.17) is 0 Å². The first-order valence-corrected chi connectivity index (χ1v) is 11.9. The summed E-state index contributed by atoms with van der Waals surface area (Å²) in [7, 11) is -3.65. The Hall–Kier alpha value is -2.22. The minimum absolute atomic E-state index is 0.0196. The monoisotopic (exact) mass is 429 g/mol. The molecule has 0 unspecified atom stereocenters. The van der Waals surface area contributed by atoms with Crippen LogP contribution in [-0.2, 0) is 28.0 Å². The van der Waals surface area contributed by atoms with Gasteiger partial charge in [0.05, 0.1) is 6.54 Å². The summed E-state index contributed by atoms with van der Waals surface area (Å²) in [6.07, 6.45) is 2.39. The lowest BCUT2D eigenvalue weighted by molar-refractivity contribution is -0.122. The number of carbonyl (C=O) groups excluding carboxylic acids is 1. The molecule has 30 heavy (non-hydrogen) atoms. The fraction of sp³-hybridized carbons (Fsp3) is 0.435. The topological polar surface area (TPSA) is 69.7 Å². The third-order valence-electron chi connectivity index (χ3n) is 5.38. The van der Waals surface area contributed by atoms with Crippen molar-refractivity contribution in [3.8, 4) is 0 Å². The number of rotatable bonds is 8. The van der Waals surface area contributed by atoms with Crippen LogP contribution < -0.4 is 5.32 Å². The SMILES string of the molecule is Cc1ccc(CN2CCCN(CC(=O)N[C@H](C)CCc3ccccc3)S2(=O)=O)cc1. The molecule has 3 rings (SSSR count). The van der Waals surface area contributed by atoms with Crippen LogP contribution in [0.4, 0.5) is 0 Å². The van der Waals surface area contributed by atoms with E-state index >= 15 is 0 Å². The predicted molar refractivity (Wildman–Crippen MR) is 119 cm³/mol. The first kappa shape index (κ1) is 22.5. The van der Waals surface area contributed by atoms with E-state index < -0.39 is 10.2 Å². The lowest BCUT2D eigenvalue weighted by atomic mass is 10.1. The highest BCUT2D eigenvalue weighted by Crippen LogP contribution is 2.19. The van der Waals surface area contributed by atoms with Gasteiger partial charge in [-0.15, -0.1) is 0 Å². The second-order valence-electron chi connectivity index (χ2n) is 8.01. The molecule has 1 N–H and O–H groups in total. The first-order chi connectivity index (χ1) is 14.3. The maximum atomic E-state index is 13.0. The van der Waals surface area contributed by atoms with Crippen LogP contribution in [-0.4, -0.2) is 48.6 Å². The maximum absolute atomic E-state index is 13.0. The van der Waals surface area contributed by atoms with Crippen LogP contribution in [0.15, 0.2) is 54.6 Å². The Bertz CT molecular complexity index is 930. The summed E-state index contributed by atoms with van der Waals surface area (Å²) in [4.78, 5) is 12.5. The molecule has 0 spiro atoms. The van der Waals surface area contributed by atoms with E-state index in [1.807, 2.05) is 56.3 Å². The van der Waals surface area contributed by atoms with E-state index in [2.05, 4.69) is 17.4 Å². The average molecular weight is 430 g/mol. The highest BCUT2D eigenvalue weighted by Gasteiger charge is 2.34. The zero-order valence-corrected chi connectivity index (χ0v) is 18.6. The fourth-order valence-electron chi connectivity index (χ4n) is 3.62. The second kappa shape index (κ2) is 10.2. The fourth-order valence-corrected chi connectivity index (χ4v) is 5.26. The first-order valence-electron chi connectivity index (χ1n) is 10.5. The third-order valence-corrected chi connectivity index (χ3v) is 7.31. The molecule has 7 heteroatoms. The summed E-state index contributed by atoms with van der Waals surface area (Å²) in [5, 5.41) is 2.94. The highest BCUT2D eigenvalue weighted by atomic mass is 32.2. The van der Waals surface area contributed by atoms with Crippen molar-refractivity contribution in [2.45, 2.75) is 45.7 Å². The number of nitrogens with one attached hydrogen (secondary N) is 1. The van der Waals surface area contributed by atoms with Crippen LogP contribution in [0.5, 0.6) is 0 Å². The second-order valence-corrected chi connectivity index (χ2v) is 9.94. The van der Waals surface area contributed by atoms with Gasteiger partial charge in [-0.1, -0.05) is 60.2 Å². The molecule has 2 aromatic carbocycles. The van der Waals surface area contributed by atoms with Crippen LogP contribution in [0.2, 0.25) is 0 Å². The van der Waals surface area contributed by atoms with Crippen molar-refractivity contribution < 1.29 is 13.2 Å². The van der Waals surface area contributed by atoms with Crippen molar-refractivity contribution in [1.29, 1.82) is 0 Å². The molecule has 6 nitrogen and oxygen atoms in total. The summed E-state index contributed by atoms with van der Waals surface area (Å²) in [6.45, 7) is 4.99.